The van der Waals surface area contributed by atoms with Crippen molar-refractivity contribution < 1.29 is 19.1 Å². The highest BCUT2D eigenvalue weighted by atomic mass is 16.6. The van der Waals surface area contributed by atoms with Crippen LogP contribution in [0.4, 0.5) is 4.79 Å². The van der Waals surface area contributed by atoms with Crippen molar-refractivity contribution in [2.24, 2.45) is 0 Å². The first-order valence-electron chi connectivity index (χ1n) is 7.28. The maximum Gasteiger partial charge on any atom is 0.414 e. The number of nitrogens with zero attached hydrogens (tertiary/aromatic N) is 1. The van der Waals surface area contributed by atoms with Gasteiger partial charge in [-0.05, 0) is 35.9 Å². The Labute approximate surface area is 135 Å². The Balaban J connectivity index is 2.42. The molecule has 5 heteroatoms. The van der Waals surface area contributed by atoms with Crippen LogP contribution in [-0.2, 0) is 9.53 Å². The average Bonchev–Trinajstić information content (AvgIpc) is 2.53. The molecule has 1 amide bonds. The van der Waals surface area contributed by atoms with Gasteiger partial charge in [0.05, 0.1) is 6.61 Å². The summed E-state index contributed by atoms with van der Waals surface area (Å²) in [5.74, 6) is -0.0477. The molecule has 0 aliphatic rings. The van der Waals surface area contributed by atoms with Gasteiger partial charge in [-0.1, -0.05) is 24.3 Å². The molecule has 2 aromatic rings. The van der Waals surface area contributed by atoms with Crippen molar-refractivity contribution in [1.82, 2.24) is 4.90 Å². The first kappa shape index (κ1) is 16.5. The second kappa shape index (κ2) is 7.45. The Morgan fingerprint density at radius 1 is 1.13 bits per heavy atom. The summed E-state index contributed by atoms with van der Waals surface area (Å²) in [7, 11) is 3.22. The highest BCUT2D eigenvalue weighted by Gasteiger charge is 2.11. The zero-order valence-corrected chi connectivity index (χ0v) is 13.4. The van der Waals surface area contributed by atoms with Crippen molar-refractivity contribution >= 4 is 28.9 Å². The van der Waals surface area contributed by atoms with Crippen molar-refractivity contribution in [3.8, 4) is 5.75 Å². The Hall–Kier alpha value is -2.82. The number of benzene rings is 2. The molecular formula is C18H19NO4. The summed E-state index contributed by atoms with van der Waals surface area (Å²) in [5, 5.41) is 1.93. The minimum atomic E-state index is -0.480. The predicted octanol–water partition coefficient (Wildman–Crippen LogP) is 3.48. The molecular weight excluding hydrogens is 294 g/mol. The molecule has 0 fully saturated rings. The monoisotopic (exact) mass is 313 g/mol. The van der Waals surface area contributed by atoms with Gasteiger partial charge in [0.1, 0.15) is 5.75 Å². The van der Waals surface area contributed by atoms with E-state index < -0.39 is 12.1 Å². The van der Waals surface area contributed by atoms with Crippen molar-refractivity contribution in [3.63, 3.8) is 0 Å². The number of esters is 1. The third-order valence-electron chi connectivity index (χ3n) is 3.13. The molecule has 0 saturated carbocycles. The second-order valence-corrected chi connectivity index (χ2v) is 5.08. The van der Waals surface area contributed by atoms with E-state index in [1.54, 1.807) is 33.2 Å². The maximum absolute atomic E-state index is 11.8. The number of hydrogen-bond donors (Lipinski definition) is 0. The van der Waals surface area contributed by atoms with Gasteiger partial charge < -0.3 is 14.4 Å². The molecule has 0 saturated heterocycles. The lowest BCUT2D eigenvalue weighted by Gasteiger charge is -2.13. The number of rotatable bonds is 4. The van der Waals surface area contributed by atoms with Crippen LogP contribution in [0.5, 0.6) is 5.75 Å². The lowest BCUT2D eigenvalue weighted by molar-refractivity contribution is -0.137. The van der Waals surface area contributed by atoms with Crippen molar-refractivity contribution in [2.75, 3.05) is 20.7 Å². The van der Waals surface area contributed by atoms with Crippen LogP contribution in [0.3, 0.4) is 0 Å². The van der Waals surface area contributed by atoms with Crippen LogP contribution in [-0.4, -0.2) is 37.7 Å². The van der Waals surface area contributed by atoms with E-state index in [1.807, 2.05) is 30.3 Å². The predicted molar refractivity (Wildman–Crippen MR) is 89.3 cm³/mol. The Kier molecular flexibility index (Phi) is 5.36. The van der Waals surface area contributed by atoms with Gasteiger partial charge in [-0.3, -0.25) is 0 Å². The van der Waals surface area contributed by atoms with Crippen molar-refractivity contribution in [2.45, 2.75) is 6.92 Å². The van der Waals surface area contributed by atoms with E-state index in [0.717, 1.165) is 10.8 Å². The molecule has 2 aromatic carbocycles. The van der Waals surface area contributed by atoms with Gasteiger partial charge in [0, 0.05) is 25.7 Å². The normalized spacial score (nSPS) is 10.7. The first-order valence-corrected chi connectivity index (χ1v) is 7.28. The third-order valence-corrected chi connectivity index (χ3v) is 3.13. The van der Waals surface area contributed by atoms with E-state index in [4.69, 9.17) is 9.47 Å². The van der Waals surface area contributed by atoms with Gasteiger partial charge in [-0.15, -0.1) is 0 Å². The molecule has 23 heavy (non-hydrogen) atoms. The Morgan fingerprint density at radius 2 is 1.78 bits per heavy atom. The van der Waals surface area contributed by atoms with E-state index in [2.05, 4.69) is 0 Å². The quantitative estimate of drug-likeness (QED) is 0.640. The minimum absolute atomic E-state index is 0.309. The number of hydrogen-bond acceptors (Lipinski definition) is 4. The molecule has 0 radical (unpaired) electrons. The fourth-order valence-corrected chi connectivity index (χ4v) is 1.99. The van der Waals surface area contributed by atoms with Crippen LogP contribution in [0, 0.1) is 0 Å². The zero-order chi connectivity index (χ0) is 16.8. The number of carbonyl (C=O) groups is 2. The SMILES string of the molecule is CCOC(=O)/C=C/c1cc2ccccc2cc1OC(=O)N(C)C. The molecule has 0 heterocycles. The molecule has 120 valence electrons. The van der Waals surface area contributed by atoms with Crippen LogP contribution in [0.1, 0.15) is 12.5 Å². The lowest BCUT2D eigenvalue weighted by atomic mass is 10.1. The average molecular weight is 313 g/mol. The molecule has 0 atom stereocenters. The lowest BCUT2D eigenvalue weighted by Crippen LogP contribution is -2.25. The Morgan fingerprint density at radius 3 is 2.39 bits per heavy atom. The Bertz CT molecular complexity index is 750. The van der Waals surface area contributed by atoms with Gasteiger partial charge in [-0.25, -0.2) is 9.59 Å². The number of carbonyl (C=O) groups excluding carboxylic acids is 2. The third kappa shape index (κ3) is 4.32. The van der Waals surface area contributed by atoms with Crippen LogP contribution >= 0.6 is 0 Å². The summed E-state index contributed by atoms with van der Waals surface area (Å²) in [6, 6.07) is 11.4. The molecule has 0 aliphatic heterocycles. The summed E-state index contributed by atoms with van der Waals surface area (Å²) in [6.45, 7) is 2.05. The van der Waals surface area contributed by atoms with E-state index in [9.17, 15) is 9.59 Å². The van der Waals surface area contributed by atoms with Gasteiger partial charge in [0.25, 0.3) is 0 Å². The van der Waals surface area contributed by atoms with Crippen LogP contribution in [0.25, 0.3) is 16.8 Å². The van der Waals surface area contributed by atoms with E-state index in [-0.39, 0.29) is 0 Å². The van der Waals surface area contributed by atoms with Crippen LogP contribution in [0.2, 0.25) is 0 Å². The summed E-state index contributed by atoms with van der Waals surface area (Å²) in [5.41, 5.74) is 0.631. The van der Waals surface area contributed by atoms with E-state index in [0.29, 0.717) is 17.9 Å². The molecule has 5 nitrogen and oxygen atoms in total. The molecule has 2 rings (SSSR count). The molecule has 0 aliphatic carbocycles. The summed E-state index contributed by atoms with van der Waals surface area (Å²) in [6.07, 6.45) is 2.43. The standard InChI is InChI=1S/C18H19NO4/c1-4-22-17(20)10-9-15-11-13-7-5-6-8-14(13)12-16(15)23-18(21)19(2)3/h5-12H,4H2,1-3H3/b10-9+. The number of ether oxygens (including phenoxy) is 2. The fraction of sp³-hybridized carbons (Fsp3) is 0.222. The van der Waals surface area contributed by atoms with Crippen molar-refractivity contribution in [1.29, 1.82) is 0 Å². The second-order valence-electron chi connectivity index (χ2n) is 5.08. The van der Waals surface area contributed by atoms with Gasteiger partial charge in [0.2, 0.25) is 0 Å². The smallest absolute Gasteiger partial charge is 0.414 e. The van der Waals surface area contributed by atoms with E-state index in [1.165, 1.54) is 11.0 Å². The van der Waals surface area contributed by atoms with Gasteiger partial charge >= 0.3 is 12.1 Å². The van der Waals surface area contributed by atoms with Crippen LogP contribution < -0.4 is 4.74 Å². The molecule has 0 N–H and O–H groups in total. The summed E-state index contributed by atoms with van der Waals surface area (Å²) >= 11 is 0. The highest BCUT2D eigenvalue weighted by molar-refractivity contribution is 5.92. The number of amides is 1. The van der Waals surface area contributed by atoms with Gasteiger partial charge in [-0.2, -0.15) is 0 Å². The largest absolute Gasteiger partial charge is 0.463 e. The highest BCUT2D eigenvalue weighted by Crippen LogP contribution is 2.27. The zero-order valence-electron chi connectivity index (χ0n) is 13.4. The van der Waals surface area contributed by atoms with Gasteiger partial charge in [0.15, 0.2) is 0 Å². The molecule has 0 spiro atoms. The number of fused-ring (bicyclic) bond motifs is 1. The molecule has 0 unspecified atom stereocenters. The maximum atomic E-state index is 11.8. The van der Waals surface area contributed by atoms with Crippen LogP contribution in [0.15, 0.2) is 42.5 Å². The first-order chi connectivity index (χ1) is 11.0. The minimum Gasteiger partial charge on any atom is -0.463 e. The molecule has 0 aromatic heterocycles. The fourth-order valence-electron chi connectivity index (χ4n) is 1.99. The molecule has 0 bridgehead atoms. The topological polar surface area (TPSA) is 55.8 Å². The van der Waals surface area contributed by atoms with E-state index >= 15 is 0 Å². The summed E-state index contributed by atoms with van der Waals surface area (Å²) < 4.78 is 10.3. The summed E-state index contributed by atoms with van der Waals surface area (Å²) in [4.78, 5) is 24.7. The van der Waals surface area contributed by atoms with Crippen molar-refractivity contribution in [3.05, 3.63) is 48.0 Å².